The molecule has 0 fully saturated rings. The zero-order valence-corrected chi connectivity index (χ0v) is 18.0. The Kier molecular flexibility index (Phi) is 6.21. The highest BCUT2D eigenvalue weighted by molar-refractivity contribution is 6.08. The normalized spacial score (nSPS) is 12.1. The minimum Gasteiger partial charge on any atom is -0.507 e. The van der Waals surface area contributed by atoms with Gasteiger partial charge < -0.3 is 15.3 Å². The standard InChI is InChI=1S/C27H16N4O4/c28-12-23(30-14-21-18-7-3-1-5-16(18)9-10-25(21)32)24(13-29)31-15-22-19-8-4-2-6-17(19)11-20(26(22)33)27(34)35/h1-11,14-15,32-33H,(H,34,35)/b24-23-,30-14?,31-15?. The van der Waals surface area contributed by atoms with Crippen LogP contribution in [-0.2, 0) is 0 Å². The van der Waals surface area contributed by atoms with Crippen LogP contribution in [0.25, 0.3) is 21.5 Å². The van der Waals surface area contributed by atoms with Gasteiger partial charge in [-0.2, -0.15) is 10.5 Å². The fourth-order valence-electron chi connectivity index (χ4n) is 3.62. The van der Waals surface area contributed by atoms with E-state index in [1.54, 1.807) is 48.5 Å². The number of aromatic hydroxyl groups is 2. The number of benzene rings is 4. The van der Waals surface area contributed by atoms with Crippen LogP contribution in [0.3, 0.4) is 0 Å². The molecule has 0 atom stereocenters. The molecule has 0 spiro atoms. The Labute approximate surface area is 199 Å². The average Bonchev–Trinajstić information content (AvgIpc) is 2.87. The van der Waals surface area contributed by atoms with Gasteiger partial charge in [0, 0.05) is 23.6 Å². The molecule has 0 bridgehead atoms. The summed E-state index contributed by atoms with van der Waals surface area (Å²) in [5.41, 5.74) is -0.546. The summed E-state index contributed by atoms with van der Waals surface area (Å²) < 4.78 is 0. The Balaban J connectivity index is 1.81. The fraction of sp³-hybridized carbons (Fsp3) is 0. The Morgan fingerprint density at radius 2 is 1.31 bits per heavy atom. The number of hydrogen-bond donors (Lipinski definition) is 3. The van der Waals surface area contributed by atoms with Crippen molar-refractivity contribution in [3.8, 4) is 23.6 Å². The number of carboxylic acids is 1. The second-order valence-electron chi connectivity index (χ2n) is 7.37. The number of nitriles is 2. The lowest BCUT2D eigenvalue weighted by Crippen LogP contribution is -2.00. The van der Waals surface area contributed by atoms with E-state index in [9.17, 15) is 30.6 Å². The van der Waals surface area contributed by atoms with Gasteiger partial charge in [0.1, 0.15) is 29.2 Å². The first-order valence-corrected chi connectivity index (χ1v) is 10.3. The van der Waals surface area contributed by atoms with Gasteiger partial charge in [0.25, 0.3) is 0 Å². The lowest BCUT2D eigenvalue weighted by Gasteiger charge is -2.08. The number of carbonyl (C=O) groups is 1. The number of fused-ring (bicyclic) bond motifs is 2. The van der Waals surface area contributed by atoms with Crippen molar-refractivity contribution >= 4 is 39.9 Å². The van der Waals surface area contributed by atoms with Crippen LogP contribution in [-0.4, -0.2) is 33.7 Å². The number of rotatable bonds is 5. The van der Waals surface area contributed by atoms with Crippen molar-refractivity contribution in [2.75, 3.05) is 0 Å². The van der Waals surface area contributed by atoms with Crippen LogP contribution >= 0.6 is 0 Å². The summed E-state index contributed by atoms with van der Waals surface area (Å²) in [6, 6.07) is 22.3. The van der Waals surface area contributed by atoms with E-state index in [2.05, 4.69) is 9.98 Å². The Bertz CT molecular complexity index is 1670. The molecule has 35 heavy (non-hydrogen) atoms. The maximum atomic E-state index is 11.6. The van der Waals surface area contributed by atoms with Crippen LogP contribution in [0.15, 0.2) is 88.1 Å². The third kappa shape index (κ3) is 4.40. The predicted octanol–water partition coefficient (Wildman–Crippen LogP) is 4.90. The molecule has 0 unspecified atom stereocenters. The Hall–Kier alpha value is -5.47. The smallest absolute Gasteiger partial charge is 0.339 e. The van der Waals surface area contributed by atoms with Gasteiger partial charge in [0.05, 0.1) is 0 Å². The van der Waals surface area contributed by atoms with Crippen molar-refractivity contribution in [3.05, 3.63) is 94.8 Å². The molecule has 0 radical (unpaired) electrons. The zero-order chi connectivity index (χ0) is 24.9. The predicted molar refractivity (Wildman–Crippen MR) is 132 cm³/mol. The molecular formula is C27H16N4O4. The number of phenolic OH excluding ortho intramolecular Hbond substituents is 1. The molecule has 4 aromatic rings. The van der Waals surface area contributed by atoms with Gasteiger partial charge in [-0.15, -0.1) is 0 Å². The molecule has 4 aromatic carbocycles. The van der Waals surface area contributed by atoms with E-state index >= 15 is 0 Å². The second kappa shape index (κ2) is 9.57. The molecule has 0 heterocycles. The quantitative estimate of drug-likeness (QED) is 0.285. The molecule has 0 aliphatic heterocycles. The summed E-state index contributed by atoms with van der Waals surface area (Å²) in [5, 5.41) is 52.1. The lowest BCUT2D eigenvalue weighted by atomic mass is 10.00. The number of hydrogen-bond acceptors (Lipinski definition) is 7. The van der Waals surface area contributed by atoms with Crippen LogP contribution in [0.5, 0.6) is 11.5 Å². The molecule has 0 saturated heterocycles. The van der Waals surface area contributed by atoms with E-state index in [0.29, 0.717) is 21.7 Å². The van der Waals surface area contributed by atoms with Crippen LogP contribution in [0.4, 0.5) is 0 Å². The Morgan fingerprint density at radius 3 is 1.91 bits per heavy atom. The van der Waals surface area contributed by atoms with E-state index in [4.69, 9.17) is 0 Å². The number of phenols is 2. The third-order valence-electron chi connectivity index (χ3n) is 5.32. The lowest BCUT2D eigenvalue weighted by molar-refractivity contribution is 0.0694. The minimum absolute atomic E-state index is 0.0476. The van der Waals surface area contributed by atoms with Crippen molar-refractivity contribution in [2.45, 2.75) is 0 Å². The molecule has 0 saturated carbocycles. The van der Waals surface area contributed by atoms with Crippen LogP contribution in [0.1, 0.15) is 21.5 Å². The minimum atomic E-state index is -1.32. The van der Waals surface area contributed by atoms with Crippen molar-refractivity contribution in [1.82, 2.24) is 0 Å². The van der Waals surface area contributed by atoms with Crippen molar-refractivity contribution in [3.63, 3.8) is 0 Å². The summed E-state index contributed by atoms with van der Waals surface area (Å²) in [6.45, 7) is 0. The van der Waals surface area contributed by atoms with Gasteiger partial charge >= 0.3 is 5.97 Å². The van der Waals surface area contributed by atoms with E-state index in [0.717, 1.165) is 11.6 Å². The van der Waals surface area contributed by atoms with E-state index in [1.165, 1.54) is 18.3 Å². The molecule has 3 N–H and O–H groups in total. The number of carboxylic acid groups (broad SMARTS) is 1. The summed E-state index contributed by atoms with van der Waals surface area (Å²) in [6.07, 6.45) is 2.41. The van der Waals surface area contributed by atoms with Crippen molar-refractivity contribution < 1.29 is 20.1 Å². The van der Waals surface area contributed by atoms with Crippen molar-refractivity contribution in [1.29, 1.82) is 10.5 Å². The first kappa shape index (κ1) is 22.7. The third-order valence-corrected chi connectivity index (χ3v) is 5.32. The maximum Gasteiger partial charge on any atom is 0.339 e. The molecule has 0 amide bonds. The monoisotopic (exact) mass is 460 g/mol. The largest absolute Gasteiger partial charge is 0.507 e. The molecule has 8 nitrogen and oxygen atoms in total. The number of nitrogens with zero attached hydrogens (tertiary/aromatic N) is 4. The summed E-state index contributed by atoms with van der Waals surface area (Å²) in [7, 11) is 0. The van der Waals surface area contributed by atoms with Gasteiger partial charge in [0.15, 0.2) is 11.4 Å². The van der Waals surface area contributed by atoms with E-state index in [1.807, 2.05) is 18.2 Å². The molecule has 0 aromatic heterocycles. The Morgan fingerprint density at radius 1 is 0.771 bits per heavy atom. The molecule has 0 aliphatic carbocycles. The maximum absolute atomic E-state index is 11.6. The molecular weight excluding hydrogens is 444 g/mol. The van der Waals surface area contributed by atoms with E-state index < -0.39 is 11.7 Å². The van der Waals surface area contributed by atoms with Gasteiger partial charge in [-0.05, 0) is 33.7 Å². The summed E-state index contributed by atoms with van der Waals surface area (Å²) in [4.78, 5) is 19.7. The van der Waals surface area contributed by atoms with Gasteiger partial charge in [-0.25, -0.2) is 14.8 Å². The topological polar surface area (TPSA) is 150 Å². The van der Waals surface area contributed by atoms with Crippen LogP contribution in [0, 0.1) is 22.7 Å². The van der Waals surface area contributed by atoms with Gasteiger partial charge in [-0.3, -0.25) is 0 Å². The van der Waals surface area contributed by atoms with Crippen LogP contribution in [0.2, 0.25) is 0 Å². The number of aliphatic imine (C=N–C) groups is 2. The SMILES string of the molecule is N#C/C(N=Cc1c(O)ccc2ccccc12)=C(\C#N)N=Cc1c(O)c(C(=O)O)cc2ccccc12. The highest BCUT2D eigenvalue weighted by Crippen LogP contribution is 2.31. The molecule has 168 valence electrons. The zero-order valence-electron chi connectivity index (χ0n) is 18.0. The van der Waals surface area contributed by atoms with Crippen molar-refractivity contribution in [2.24, 2.45) is 9.98 Å². The second-order valence-corrected chi connectivity index (χ2v) is 7.37. The van der Waals surface area contributed by atoms with Gasteiger partial charge in [0.2, 0.25) is 0 Å². The number of allylic oxidation sites excluding steroid dienone is 2. The van der Waals surface area contributed by atoms with Crippen LogP contribution < -0.4 is 0 Å². The van der Waals surface area contributed by atoms with E-state index in [-0.39, 0.29) is 28.3 Å². The summed E-state index contributed by atoms with van der Waals surface area (Å²) >= 11 is 0. The molecule has 8 heteroatoms. The number of aromatic carboxylic acids is 1. The summed E-state index contributed by atoms with van der Waals surface area (Å²) in [5.74, 6) is -1.88. The first-order valence-electron chi connectivity index (χ1n) is 10.3. The highest BCUT2D eigenvalue weighted by Gasteiger charge is 2.16. The molecule has 0 aliphatic rings. The van der Waals surface area contributed by atoms with Gasteiger partial charge in [-0.1, -0.05) is 54.6 Å². The highest BCUT2D eigenvalue weighted by atomic mass is 16.4. The average molecular weight is 460 g/mol. The molecule has 4 rings (SSSR count). The fourth-order valence-corrected chi connectivity index (χ4v) is 3.62. The first-order chi connectivity index (χ1) is 16.9.